The molecule has 0 amide bonds. The van der Waals surface area contributed by atoms with Gasteiger partial charge >= 0.3 is 0 Å². The molecule has 32 heavy (non-hydrogen) atoms. The summed E-state index contributed by atoms with van der Waals surface area (Å²) in [6, 6.07) is 10.4. The van der Waals surface area contributed by atoms with Crippen LogP contribution in [0.2, 0.25) is 0 Å². The molecule has 0 saturated carbocycles. The fourth-order valence-corrected chi connectivity index (χ4v) is 4.34. The molecule has 4 rings (SSSR count). The number of piperidine rings is 1. The molecular formula is C22H24FN7S2. The molecular weight excluding hydrogens is 445 g/mol. The van der Waals surface area contributed by atoms with Crippen LogP contribution in [0.25, 0.3) is 0 Å². The molecule has 0 aliphatic carbocycles. The minimum Gasteiger partial charge on any atom is -0.358 e. The van der Waals surface area contributed by atoms with Crippen LogP contribution in [0.1, 0.15) is 31.7 Å². The van der Waals surface area contributed by atoms with Crippen molar-refractivity contribution in [2.75, 3.05) is 16.8 Å². The normalized spacial score (nSPS) is 15.9. The average Bonchev–Trinajstić information content (AvgIpc) is 2.79. The molecule has 2 aromatic heterocycles. The average molecular weight is 470 g/mol. The standard InChI is InChI=1S/C22H24FN7S2/c1-15-5-2-3-12-30(15)18-13-19(32-22-24-10-4-11-25-22)28-20(27-18)29-21(31)26-14-16-6-8-17(23)9-7-16/h4,6-11,13,15H,2-3,5,12,14H2,1H3,(H2,26,27,28,29,31). The van der Waals surface area contributed by atoms with Gasteiger partial charge in [-0.15, -0.1) is 0 Å². The third-order valence-corrected chi connectivity index (χ3v) is 6.17. The molecule has 1 unspecified atom stereocenters. The van der Waals surface area contributed by atoms with E-state index in [0.717, 1.165) is 35.8 Å². The van der Waals surface area contributed by atoms with E-state index in [9.17, 15) is 4.39 Å². The SMILES string of the molecule is CC1CCCCN1c1cc(Sc2ncccn2)nc(NC(=S)NCc2ccc(F)cc2)n1. The van der Waals surface area contributed by atoms with Gasteiger partial charge in [0.05, 0.1) is 0 Å². The molecule has 0 bridgehead atoms. The van der Waals surface area contributed by atoms with Gasteiger partial charge in [-0.05, 0) is 73.9 Å². The zero-order valence-electron chi connectivity index (χ0n) is 17.7. The van der Waals surface area contributed by atoms with E-state index >= 15 is 0 Å². The molecule has 3 heterocycles. The van der Waals surface area contributed by atoms with E-state index in [1.807, 2.05) is 6.07 Å². The van der Waals surface area contributed by atoms with Gasteiger partial charge in [0.2, 0.25) is 5.95 Å². The van der Waals surface area contributed by atoms with Crippen molar-refractivity contribution in [3.05, 3.63) is 60.2 Å². The third kappa shape index (κ3) is 6.10. The lowest BCUT2D eigenvalue weighted by atomic mass is 10.0. The van der Waals surface area contributed by atoms with Crippen molar-refractivity contribution in [1.82, 2.24) is 25.3 Å². The Bertz CT molecular complexity index is 1050. The summed E-state index contributed by atoms with van der Waals surface area (Å²) >= 11 is 6.82. The van der Waals surface area contributed by atoms with Crippen LogP contribution in [-0.4, -0.2) is 37.6 Å². The Kier molecular flexibility index (Phi) is 7.43. The fraction of sp³-hybridized carbons (Fsp3) is 0.318. The lowest BCUT2D eigenvalue weighted by Gasteiger charge is -2.34. The first-order chi connectivity index (χ1) is 15.6. The predicted molar refractivity (Wildman–Crippen MR) is 128 cm³/mol. The van der Waals surface area contributed by atoms with Crippen molar-refractivity contribution in [2.45, 2.75) is 49.0 Å². The quantitative estimate of drug-likeness (QED) is 0.310. The highest BCUT2D eigenvalue weighted by Crippen LogP contribution is 2.29. The summed E-state index contributed by atoms with van der Waals surface area (Å²) < 4.78 is 13.1. The smallest absolute Gasteiger partial charge is 0.232 e. The Balaban J connectivity index is 1.51. The van der Waals surface area contributed by atoms with Gasteiger partial charge in [0.15, 0.2) is 10.3 Å². The van der Waals surface area contributed by atoms with E-state index in [4.69, 9.17) is 17.2 Å². The second-order valence-electron chi connectivity index (χ2n) is 7.49. The van der Waals surface area contributed by atoms with Crippen LogP contribution in [0.15, 0.2) is 59.0 Å². The maximum Gasteiger partial charge on any atom is 0.232 e. The second-order valence-corrected chi connectivity index (χ2v) is 8.89. The molecule has 3 aromatic rings. The Morgan fingerprint density at radius 3 is 2.72 bits per heavy atom. The molecule has 0 spiro atoms. The van der Waals surface area contributed by atoms with E-state index in [0.29, 0.717) is 28.8 Å². The lowest BCUT2D eigenvalue weighted by molar-refractivity contribution is 0.480. The van der Waals surface area contributed by atoms with Crippen molar-refractivity contribution in [3.8, 4) is 0 Å². The largest absolute Gasteiger partial charge is 0.358 e. The van der Waals surface area contributed by atoms with E-state index < -0.39 is 0 Å². The Morgan fingerprint density at radius 1 is 1.19 bits per heavy atom. The minimum absolute atomic E-state index is 0.265. The highest BCUT2D eigenvalue weighted by molar-refractivity contribution is 7.99. The van der Waals surface area contributed by atoms with E-state index in [1.165, 1.54) is 30.3 Å². The number of hydrogen-bond donors (Lipinski definition) is 2. The van der Waals surface area contributed by atoms with Gasteiger partial charge in [-0.25, -0.2) is 19.3 Å². The van der Waals surface area contributed by atoms with Crippen LogP contribution in [0, 0.1) is 5.82 Å². The molecule has 2 N–H and O–H groups in total. The van der Waals surface area contributed by atoms with Crippen LogP contribution < -0.4 is 15.5 Å². The summed E-state index contributed by atoms with van der Waals surface area (Å²) in [6.07, 6.45) is 6.91. The second kappa shape index (κ2) is 10.6. The topological polar surface area (TPSA) is 78.9 Å². The van der Waals surface area contributed by atoms with E-state index in [2.05, 4.69) is 37.4 Å². The lowest BCUT2D eigenvalue weighted by Crippen LogP contribution is -2.38. The molecule has 166 valence electrons. The third-order valence-electron chi connectivity index (χ3n) is 5.12. The Labute approximate surface area is 196 Å². The first-order valence-electron chi connectivity index (χ1n) is 10.5. The molecule has 1 fully saturated rings. The predicted octanol–water partition coefficient (Wildman–Crippen LogP) is 4.42. The number of aromatic nitrogens is 4. The van der Waals surface area contributed by atoms with Gasteiger partial charge in [-0.3, -0.25) is 0 Å². The summed E-state index contributed by atoms with van der Waals surface area (Å²) in [4.78, 5) is 20.2. The summed E-state index contributed by atoms with van der Waals surface area (Å²) in [6.45, 7) is 3.64. The number of thiocarbonyl (C=S) groups is 1. The number of halogens is 1. The van der Waals surface area contributed by atoms with Gasteiger partial charge in [0, 0.05) is 37.6 Å². The number of rotatable bonds is 6. The maximum atomic E-state index is 13.1. The van der Waals surface area contributed by atoms with Crippen molar-refractivity contribution in [1.29, 1.82) is 0 Å². The minimum atomic E-state index is -0.265. The molecule has 1 saturated heterocycles. The van der Waals surface area contributed by atoms with Gasteiger partial charge in [0.1, 0.15) is 16.7 Å². The van der Waals surface area contributed by atoms with Crippen LogP contribution in [0.3, 0.4) is 0 Å². The summed E-state index contributed by atoms with van der Waals surface area (Å²) in [7, 11) is 0. The highest BCUT2D eigenvalue weighted by Gasteiger charge is 2.21. The monoisotopic (exact) mass is 469 g/mol. The molecule has 1 aliphatic heterocycles. The van der Waals surface area contributed by atoms with Gasteiger partial charge in [-0.2, -0.15) is 4.98 Å². The van der Waals surface area contributed by atoms with Crippen LogP contribution >= 0.6 is 24.0 Å². The zero-order chi connectivity index (χ0) is 22.3. The van der Waals surface area contributed by atoms with Gasteiger partial charge < -0.3 is 15.5 Å². The summed E-state index contributed by atoms with van der Waals surface area (Å²) in [5, 5.41) is 7.95. The number of hydrogen-bond acceptors (Lipinski definition) is 7. The van der Waals surface area contributed by atoms with Gasteiger partial charge in [0.25, 0.3) is 0 Å². The van der Waals surface area contributed by atoms with Crippen LogP contribution in [0.5, 0.6) is 0 Å². The molecule has 0 radical (unpaired) electrons. The number of anilines is 2. The summed E-state index contributed by atoms with van der Waals surface area (Å²) in [5.41, 5.74) is 0.921. The van der Waals surface area contributed by atoms with Gasteiger partial charge in [-0.1, -0.05) is 12.1 Å². The summed E-state index contributed by atoms with van der Waals surface area (Å²) in [5.74, 6) is 1.00. The van der Waals surface area contributed by atoms with E-state index in [-0.39, 0.29) is 5.82 Å². The molecule has 10 heteroatoms. The first-order valence-corrected chi connectivity index (χ1v) is 11.7. The molecule has 7 nitrogen and oxygen atoms in total. The maximum absolute atomic E-state index is 13.1. The highest BCUT2D eigenvalue weighted by atomic mass is 32.2. The van der Waals surface area contributed by atoms with Crippen molar-refractivity contribution >= 4 is 40.9 Å². The number of nitrogens with one attached hydrogen (secondary N) is 2. The van der Waals surface area contributed by atoms with Crippen molar-refractivity contribution < 1.29 is 4.39 Å². The van der Waals surface area contributed by atoms with E-state index in [1.54, 1.807) is 30.6 Å². The molecule has 1 atom stereocenters. The van der Waals surface area contributed by atoms with Crippen molar-refractivity contribution in [2.24, 2.45) is 0 Å². The molecule has 1 aliphatic rings. The van der Waals surface area contributed by atoms with Crippen LogP contribution in [-0.2, 0) is 6.54 Å². The Morgan fingerprint density at radius 2 is 1.97 bits per heavy atom. The van der Waals surface area contributed by atoms with Crippen LogP contribution in [0.4, 0.5) is 16.2 Å². The van der Waals surface area contributed by atoms with Crippen molar-refractivity contribution in [3.63, 3.8) is 0 Å². The number of benzene rings is 1. The zero-order valence-corrected chi connectivity index (χ0v) is 19.3. The Hall–Kier alpha value is -2.85. The molecule has 1 aromatic carbocycles. The first kappa shape index (κ1) is 22.3. The fourth-order valence-electron chi connectivity index (χ4n) is 3.47. The number of nitrogens with zero attached hydrogens (tertiary/aromatic N) is 5.